The molecule has 0 bridgehead atoms. The number of aryl methyl sites for hydroxylation is 1. The zero-order chi connectivity index (χ0) is 24.2. The minimum Gasteiger partial charge on any atom is -0.493 e. The third kappa shape index (κ3) is 5.20. The second kappa shape index (κ2) is 10.2. The van der Waals surface area contributed by atoms with Crippen LogP contribution in [0.4, 0.5) is 4.39 Å². The zero-order valence-electron chi connectivity index (χ0n) is 19.1. The van der Waals surface area contributed by atoms with E-state index in [2.05, 4.69) is 0 Å². The van der Waals surface area contributed by atoms with Crippen LogP contribution in [0.1, 0.15) is 65.2 Å². The number of nitrogens with zero attached hydrogens (tertiary/aromatic N) is 2. The largest absolute Gasteiger partial charge is 0.493 e. The van der Waals surface area contributed by atoms with E-state index < -0.39 is 17.8 Å². The Morgan fingerprint density at radius 3 is 2.65 bits per heavy atom. The molecule has 7 nitrogen and oxygen atoms in total. The summed E-state index contributed by atoms with van der Waals surface area (Å²) in [4.78, 5) is 30.4. The molecule has 2 N–H and O–H groups in total. The Kier molecular flexibility index (Phi) is 7.13. The van der Waals surface area contributed by atoms with Crippen molar-refractivity contribution in [3.63, 3.8) is 0 Å². The molecule has 1 saturated heterocycles. The fraction of sp³-hybridized carbons (Fsp3) is 0.423. The predicted octanol–water partition coefficient (Wildman–Crippen LogP) is 4.20. The molecule has 4 rings (SSSR count). The molecular formula is C26H28FN3O4. The lowest BCUT2D eigenvalue weighted by molar-refractivity contribution is -0.183. The molecule has 2 amide bonds. The number of primary amides is 1. The van der Waals surface area contributed by atoms with Gasteiger partial charge in [0, 0.05) is 17.9 Å². The van der Waals surface area contributed by atoms with Crippen LogP contribution in [0, 0.1) is 35.9 Å². The minimum absolute atomic E-state index is 0.0886. The van der Waals surface area contributed by atoms with E-state index in [-0.39, 0.29) is 17.4 Å². The summed E-state index contributed by atoms with van der Waals surface area (Å²) in [6.45, 7) is 2.71. The van der Waals surface area contributed by atoms with E-state index in [0.29, 0.717) is 55.3 Å². The highest BCUT2D eigenvalue weighted by atomic mass is 19.1. The average Bonchev–Trinajstić information content (AvgIpc) is 3.33. The number of rotatable bonds is 6. The van der Waals surface area contributed by atoms with Gasteiger partial charge in [0.1, 0.15) is 11.6 Å². The van der Waals surface area contributed by atoms with Gasteiger partial charge in [-0.3, -0.25) is 14.4 Å². The smallest absolute Gasteiger partial charge is 0.249 e. The summed E-state index contributed by atoms with van der Waals surface area (Å²) in [6, 6.07) is 11.0. The first kappa shape index (κ1) is 23.7. The summed E-state index contributed by atoms with van der Waals surface area (Å²) in [7, 11) is 0. The monoisotopic (exact) mass is 465 g/mol. The van der Waals surface area contributed by atoms with Crippen molar-refractivity contribution in [3.8, 4) is 11.8 Å². The van der Waals surface area contributed by atoms with Crippen molar-refractivity contribution in [3.05, 3.63) is 64.5 Å². The first-order valence-corrected chi connectivity index (χ1v) is 11.6. The van der Waals surface area contributed by atoms with E-state index in [9.17, 15) is 14.0 Å². The van der Waals surface area contributed by atoms with Crippen LogP contribution in [-0.4, -0.2) is 30.1 Å². The van der Waals surface area contributed by atoms with Gasteiger partial charge in [0.15, 0.2) is 0 Å². The van der Waals surface area contributed by atoms with E-state index >= 15 is 0 Å². The third-order valence-electron chi connectivity index (χ3n) is 6.71. The molecule has 1 aliphatic carbocycles. The van der Waals surface area contributed by atoms with Crippen LogP contribution in [0.5, 0.6) is 5.75 Å². The summed E-state index contributed by atoms with van der Waals surface area (Å²) in [5.41, 5.74) is 7.48. The van der Waals surface area contributed by atoms with Crippen LogP contribution in [0.2, 0.25) is 0 Å². The van der Waals surface area contributed by atoms with Crippen molar-refractivity contribution < 1.29 is 23.6 Å². The average molecular weight is 466 g/mol. The fourth-order valence-corrected chi connectivity index (χ4v) is 4.78. The van der Waals surface area contributed by atoms with Gasteiger partial charge in [-0.15, -0.1) is 0 Å². The van der Waals surface area contributed by atoms with Crippen molar-refractivity contribution >= 4 is 11.8 Å². The number of halogens is 1. The number of carbonyl (C=O) groups excluding carboxylic acids is 2. The van der Waals surface area contributed by atoms with Crippen LogP contribution >= 0.6 is 0 Å². The van der Waals surface area contributed by atoms with Gasteiger partial charge in [0.2, 0.25) is 11.8 Å². The molecule has 1 atom stereocenters. The van der Waals surface area contributed by atoms with Gasteiger partial charge in [-0.05, 0) is 80.0 Å². The Morgan fingerprint density at radius 1 is 1.18 bits per heavy atom. The number of benzene rings is 2. The van der Waals surface area contributed by atoms with Crippen LogP contribution in [0.3, 0.4) is 0 Å². The van der Waals surface area contributed by atoms with E-state index in [0.717, 1.165) is 18.4 Å². The molecule has 2 aromatic carbocycles. The second-order valence-electron chi connectivity index (χ2n) is 9.06. The number of nitriles is 1. The van der Waals surface area contributed by atoms with Gasteiger partial charge in [-0.1, -0.05) is 6.07 Å². The summed E-state index contributed by atoms with van der Waals surface area (Å²) in [5, 5.41) is 10.5. The molecule has 178 valence electrons. The van der Waals surface area contributed by atoms with Crippen LogP contribution < -0.4 is 10.5 Å². The first-order valence-electron chi connectivity index (χ1n) is 11.6. The molecule has 1 heterocycles. The Bertz CT molecular complexity index is 1120. The molecular weight excluding hydrogens is 437 g/mol. The second-order valence-corrected chi connectivity index (χ2v) is 9.06. The zero-order valence-corrected chi connectivity index (χ0v) is 19.1. The molecule has 34 heavy (non-hydrogen) atoms. The van der Waals surface area contributed by atoms with E-state index in [1.54, 1.807) is 12.1 Å². The maximum absolute atomic E-state index is 13.9. The summed E-state index contributed by atoms with van der Waals surface area (Å²) in [5.74, 6) is -0.315. The lowest BCUT2D eigenvalue weighted by atomic mass is 9.81. The summed E-state index contributed by atoms with van der Waals surface area (Å²) < 4.78 is 19.8. The van der Waals surface area contributed by atoms with E-state index in [1.165, 1.54) is 17.2 Å². The SMILES string of the molecule is Cc1ccc(OC[C@H]2CC[C@H](C(=O)N3OCC[C@H]3c3cc(F)cc(C#N)c3)CC2)cc1C(N)=O. The number of hydrogen-bond donors (Lipinski definition) is 1. The van der Waals surface area contributed by atoms with Gasteiger partial charge >= 0.3 is 0 Å². The lowest BCUT2D eigenvalue weighted by Gasteiger charge is -2.32. The lowest BCUT2D eigenvalue weighted by Crippen LogP contribution is -2.37. The highest BCUT2D eigenvalue weighted by Crippen LogP contribution is 2.37. The molecule has 2 aromatic rings. The van der Waals surface area contributed by atoms with Crippen LogP contribution in [0.15, 0.2) is 36.4 Å². The number of hydrogen-bond acceptors (Lipinski definition) is 5. The van der Waals surface area contributed by atoms with Gasteiger partial charge in [-0.25, -0.2) is 9.45 Å². The van der Waals surface area contributed by atoms with Gasteiger partial charge in [0.05, 0.1) is 30.9 Å². The maximum atomic E-state index is 13.9. The molecule has 2 fully saturated rings. The van der Waals surface area contributed by atoms with Crippen molar-refractivity contribution in [2.24, 2.45) is 17.6 Å². The topological polar surface area (TPSA) is 106 Å². The third-order valence-corrected chi connectivity index (χ3v) is 6.71. The molecule has 2 aliphatic rings. The van der Waals surface area contributed by atoms with Crippen molar-refractivity contribution in [1.82, 2.24) is 5.06 Å². The van der Waals surface area contributed by atoms with Gasteiger partial charge in [0.25, 0.3) is 0 Å². The predicted molar refractivity (Wildman–Crippen MR) is 122 cm³/mol. The molecule has 1 saturated carbocycles. The Labute approximate surface area is 198 Å². The molecule has 8 heteroatoms. The van der Waals surface area contributed by atoms with Gasteiger partial charge < -0.3 is 10.5 Å². The normalized spacial score (nSPS) is 22.3. The highest BCUT2D eigenvalue weighted by Gasteiger charge is 2.37. The summed E-state index contributed by atoms with van der Waals surface area (Å²) >= 11 is 0. The maximum Gasteiger partial charge on any atom is 0.249 e. The number of ether oxygens (including phenoxy) is 1. The molecule has 0 spiro atoms. The Balaban J connectivity index is 1.33. The van der Waals surface area contributed by atoms with Crippen molar-refractivity contribution in [1.29, 1.82) is 5.26 Å². The highest BCUT2D eigenvalue weighted by molar-refractivity contribution is 5.94. The first-order chi connectivity index (χ1) is 16.4. The molecule has 0 aromatic heterocycles. The fourth-order valence-electron chi connectivity index (χ4n) is 4.78. The minimum atomic E-state index is -0.495. The Hall–Kier alpha value is -3.44. The number of amides is 2. The van der Waals surface area contributed by atoms with E-state index in [4.69, 9.17) is 20.6 Å². The van der Waals surface area contributed by atoms with E-state index in [1.807, 2.05) is 25.1 Å². The molecule has 1 aliphatic heterocycles. The van der Waals surface area contributed by atoms with Crippen molar-refractivity contribution in [2.45, 2.75) is 45.1 Å². The Morgan fingerprint density at radius 2 is 1.94 bits per heavy atom. The quantitative estimate of drug-likeness (QED) is 0.688. The number of nitrogens with two attached hydrogens (primary N) is 1. The van der Waals surface area contributed by atoms with Gasteiger partial charge in [-0.2, -0.15) is 5.26 Å². The standard InChI is InChI=1S/C26H28FN3O4/c1-16-2-7-22(13-23(16)25(29)31)33-15-17-3-5-19(6-4-17)26(32)30-24(8-9-34-30)20-10-18(14-28)11-21(27)12-20/h2,7,10-13,17,19,24H,3-6,8-9,15H2,1H3,(H2,29,31)/t17-,19-,24-/m0/s1. The number of hydroxylamine groups is 2. The summed E-state index contributed by atoms with van der Waals surface area (Å²) in [6.07, 6.45) is 3.66. The van der Waals surface area contributed by atoms with Crippen LogP contribution in [-0.2, 0) is 9.63 Å². The number of carbonyl (C=O) groups is 2. The van der Waals surface area contributed by atoms with Crippen molar-refractivity contribution in [2.75, 3.05) is 13.2 Å². The molecule has 0 radical (unpaired) electrons. The van der Waals surface area contributed by atoms with Crippen LogP contribution in [0.25, 0.3) is 0 Å². The molecule has 0 unspecified atom stereocenters.